The monoisotopic (exact) mass is 1890 g/mol. The van der Waals surface area contributed by atoms with Gasteiger partial charge >= 0.3 is 0 Å². The Balaban J connectivity index is 0.000000102. The Kier molecular flexibility index (Phi) is 19.0. The molecule has 3 aliphatic rings. The molecule has 150 heavy (non-hydrogen) atoms. The van der Waals surface area contributed by atoms with E-state index in [1.165, 1.54) is 317 Å². The van der Waals surface area contributed by atoms with Crippen molar-refractivity contribution in [3.63, 3.8) is 0 Å². The Labute approximate surface area is 868 Å². The lowest BCUT2D eigenvalue weighted by atomic mass is 9.70. The summed E-state index contributed by atoms with van der Waals surface area (Å²) in [4.78, 5) is 0. The van der Waals surface area contributed by atoms with Crippen LogP contribution in [0.2, 0.25) is 0 Å². The lowest BCUT2D eigenvalue weighted by molar-refractivity contribution is 0.660. The van der Waals surface area contributed by atoms with Crippen molar-refractivity contribution >= 4 is 183 Å². The highest BCUT2D eigenvalue weighted by atomic mass is 14.5. The molecule has 0 bridgehead atoms. The molecule has 30 aromatic carbocycles. The minimum Gasteiger partial charge on any atom is -0.0619 e. The Hall–Kier alpha value is -19.0. The molecule has 1 spiro atoms. The highest BCUT2D eigenvalue weighted by Crippen LogP contribution is 2.65. The Morgan fingerprint density at radius 2 is 0.340 bits per heavy atom. The topological polar surface area (TPSA) is 0 Å². The van der Waals surface area contributed by atoms with E-state index < -0.39 is 5.41 Å². The van der Waals surface area contributed by atoms with Gasteiger partial charge in [0.15, 0.2) is 0 Å². The lowest BCUT2D eigenvalue weighted by Crippen LogP contribution is -2.25. The molecule has 0 heteroatoms. The van der Waals surface area contributed by atoms with Crippen LogP contribution < -0.4 is 0 Å². The average Bonchev–Trinajstić information content (AvgIpc) is 1.41. The van der Waals surface area contributed by atoms with Crippen molar-refractivity contribution in [2.45, 2.75) is 24.7 Å². The molecule has 0 aromatic heterocycles. The summed E-state index contributed by atoms with van der Waals surface area (Å²) in [7, 11) is 0. The van der Waals surface area contributed by atoms with Crippen LogP contribution in [0.15, 0.2) is 534 Å². The van der Waals surface area contributed by atoms with Crippen molar-refractivity contribution in [3.05, 3.63) is 567 Å². The molecular weight excluding hydrogens is 1800 g/mol. The van der Waals surface area contributed by atoms with Gasteiger partial charge < -0.3 is 0 Å². The van der Waals surface area contributed by atoms with Gasteiger partial charge in [0.1, 0.15) is 0 Å². The van der Waals surface area contributed by atoms with E-state index in [0.717, 1.165) is 0 Å². The maximum absolute atomic E-state index is 2.55. The van der Waals surface area contributed by atoms with Crippen molar-refractivity contribution < 1.29 is 0 Å². The van der Waals surface area contributed by atoms with Crippen LogP contribution in [0.3, 0.4) is 0 Å². The van der Waals surface area contributed by atoms with Crippen molar-refractivity contribution in [3.8, 4) is 100 Å². The first-order chi connectivity index (χ1) is 74.2. The number of benzene rings is 30. The molecule has 0 fully saturated rings. The highest BCUT2D eigenvalue weighted by molar-refractivity contribution is 6.34. The quantitative estimate of drug-likeness (QED) is 0.115. The van der Waals surface area contributed by atoms with Crippen LogP contribution >= 0.6 is 0 Å². The fourth-order valence-electron chi connectivity index (χ4n) is 27.5. The molecule has 0 amide bonds. The molecule has 3 aliphatic carbocycles. The third-order valence-electron chi connectivity index (χ3n) is 34.0. The fourth-order valence-corrected chi connectivity index (χ4v) is 27.5. The van der Waals surface area contributed by atoms with E-state index in [0.29, 0.717) is 0 Å². The molecule has 0 saturated heterocycles. The molecule has 0 heterocycles. The maximum atomic E-state index is 2.55. The predicted molar refractivity (Wildman–Crippen MR) is 643 cm³/mol. The van der Waals surface area contributed by atoms with Gasteiger partial charge in [-0.3, -0.25) is 0 Å². The molecule has 33 rings (SSSR count). The molecule has 30 aromatic rings. The zero-order chi connectivity index (χ0) is 98.7. The lowest BCUT2D eigenvalue weighted by Gasteiger charge is -2.31. The standard InChI is InChI=1S/C57H34.C47H32.C46H28/c1-3-15-40-35(13-1)25-26-37-27-28-38(33-49(37)40)54-46-20-5-6-21-47(46)55(56-41-16-4-2-14-36(41)29-32-48(54)56)39-30-31-45-44-19-9-12-24-52(44)57(53(45)34-39)50-22-10-7-17-42(50)43-18-8-11-23-51(43)57;1-47(2)42-18-10-9-15-36(42)37-25-24-33(28-43(37)47)45-39-17-8-7-16-38(39)44(40-26-23-30-12-4-6-14-35(30)46(40)45)32-22-21-31-20-19-29-11-3-5-13-34(29)41(31)27-32;1-4-14-34-29(11-1)21-22-31-23-24-33(28-42(31)34)44-39-19-9-10-20-40(39)46(45-36-16-6-2-12-30(36)25-26-41(44)45)43-27-32-13-3-5-15-35(32)37-17-7-8-18-38(37)43/h1-34H;3-28H,1-2H3;1-28H. The minimum absolute atomic E-state index is 0.0661. The zero-order valence-corrected chi connectivity index (χ0v) is 82.8. The zero-order valence-electron chi connectivity index (χ0n) is 82.8. The van der Waals surface area contributed by atoms with Gasteiger partial charge in [0.2, 0.25) is 0 Å². The van der Waals surface area contributed by atoms with E-state index >= 15 is 0 Å². The van der Waals surface area contributed by atoms with Crippen LogP contribution in [-0.2, 0) is 10.8 Å². The molecule has 0 radical (unpaired) electrons. The van der Waals surface area contributed by atoms with Crippen LogP contribution in [0.1, 0.15) is 47.2 Å². The number of hydrogen-bond donors (Lipinski definition) is 0. The average molecular weight is 1900 g/mol. The summed E-state index contributed by atoms with van der Waals surface area (Å²) in [6.07, 6.45) is 0. The van der Waals surface area contributed by atoms with Crippen LogP contribution in [0, 0.1) is 0 Å². The number of hydrogen-bond acceptors (Lipinski definition) is 0. The maximum Gasteiger partial charge on any atom is 0.0725 e. The fraction of sp³-hybridized carbons (Fsp3) is 0.0267. The first-order valence-electron chi connectivity index (χ1n) is 52.6. The van der Waals surface area contributed by atoms with Crippen molar-refractivity contribution in [2.24, 2.45) is 0 Å². The third kappa shape index (κ3) is 12.6. The van der Waals surface area contributed by atoms with E-state index in [4.69, 9.17) is 0 Å². The number of fused-ring (bicyclic) bond motifs is 37. The first-order valence-corrected chi connectivity index (χ1v) is 52.6. The second-order valence-corrected chi connectivity index (χ2v) is 42.0. The van der Waals surface area contributed by atoms with Gasteiger partial charge in [-0.05, 0) is 353 Å². The van der Waals surface area contributed by atoms with Crippen molar-refractivity contribution in [2.75, 3.05) is 0 Å². The van der Waals surface area contributed by atoms with E-state index in [9.17, 15) is 0 Å². The van der Waals surface area contributed by atoms with E-state index in [-0.39, 0.29) is 5.41 Å². The van der Waals surface area contributed by atoms with Crippen LogP contribution in [0.4, 0.5) is 0 Å². The molecule has 0 unspecified atom stereocenters. The van der Waals surface area contributed by atoms with Gasteiger partial charge in [-0.2, -0.15) is 0 Å². The smallest absolute Gasteiger partial charge is 0.0619 e. The highest BCUT2D eigenvalue weighted by Gasteiger charge is 2.52. The second kappa shape index (κ2) is 33.3. The summed E-state index contributed by atoms with van der Waals surface area (Å²) in [6, 6.07) is 200. The summed E-state index contributed by atoms with van der Waals surface area (Å²) in [5.41, 5.74) is 31.2. The summed E-state index contributed by atoms with van der Waals surface area (Å²) in [6.45, 7) is 4.75. The summed E-state index contributed by atoms with van der Waals surface area (Å²) < 4.78 is 0. The van der Waals surface area contributed by atoms with Gasteiger partial charge in [-0.15, -0.1) is 0 Å². The van der Waals surface area contributed by atoms with Gasteiger partial charge in [-0.1, -0.05) is 511 Å². The van der Waals surface area contributed by atoms with Crippen LogP contribution in [0.5, 0.6) is 0 Å². The van der Waals surface area contributed by atoms with Crippen molar-refractivity contribution in [1.29, 1.82) is 0 Å². The van der Waals surface area contributed by atoms with Gasteiger partial charge in [0.05, 0.1) is 5.41 Å². The van der Waals surface area contributed by atoms with E-state index in [2.05, 4.69) is 548 Å². The SMILES string of the molecule is CC1(C)c2ccccc2-c2ccc(-c3c4ccccc4c(-c4ccc5ccc6ccccc6c5c4)c4ccc5ccccc5c34)cc21.c1ccc2c(c1)-c1ccccc1C21c2ccccc2-c2ccc(-c3c4ccccc4c(-c4ccc5ccc6ccccc6c5c4)c4ccc5ccccc5c34)cc21.c1ccc2c(c1)ccc1ccc(-c3c4ccccc4c(-c4cc5ccccc5c5ccccc45)c4c3ccc3ccccc34)cc12. The summed E-state index contributed by atoms with van der Waals surface area (Å²) >= 11 is 0. The van der Waals surface area contributed by atoms with Crippen molar-refractivity contribution in [1.82, 2.24) is 0 Å². The van der Waals surface area contributed by atoms with Gasteiger partial charge in [0.25, 0.3) is 0 Å². The molecular formula is C150H94. The van der Waals surface area contributed by atoms with Crippen LogP contribution in [-0.4, -0.2) is 0 Å². The predicted octanol–water partition coefficient (Wildman–Crippen LogP) is 41.3. The largest absolute Gasteiger partial charge is 0.0725 e. The molecule has 0 nitrogen and oxygen atoms in total. The first kappa shape index (κ1) is 85.4. The van der Waals surface area contributed by atoms with E-state index in [1.807, 2.05) is 0 Å². The summed E-state index contributed by atoms with van der Waals surface area (Å²) in [5.74, 6) is 0. The second-order valence-electron chi connectivity index (χ2n) is 42.0. The Morgan fingerprint density at radius 3 is 0.720 bits per heavy atom. The van der Waals surface area contributed by atoms with Crippen LogP contribution in [0.25, 0.3) is 283 Å². The molecule has 0 saturated carbocycles. The molecule has 0 N–H and O–H groups in total. The number of rotatable bonds is 6. The Morgan fingerprint density at radius 1 is 0.113 bits per heavy atom. The molecule has 0 aliphatic heterocycles. The minimum atomic E-state index is -0.406. The molecule has 694 valence electrons. The van der Waals surface area contributed by atoms with E-state index in [1.54, 1.807) is 0 Å². The van der Waals surface area contributed by atoms with Gasteiger partial charge in [-0.25, -0.2) is 0 Å². The third-order valence-corrected chi connectivity index (χ3v) is 34.0. The molecule has 0 atom stereocenters. The normalized spacial score (nSPS) is 13.0. The summed E-state index contributed by atoms with van der Waals surface area (Å²) in [5, 5.41) is 43.5. The van der Waals surface area contributed by atoms with Gasteiger partial charge in [0, 0.05) is 5.41 Å². The Bertz CT molecular complexity index is 11100.